The molecule has 4 rings (SSSR count). The third-order valence-electron chi connectivity index (χ3n) is 6.02. The molecule has 0 aliphatic carbocycles. The molecule has 3 aromatic rings. The van der Waals surface area contributed by atoms with Crippen molar-refractivity contribution < 1.29 is 19.0 Å². The van der Waals surface area contributed by atoms with E-state index < -0.39 is 11.7 Å². The van der Waals surface area contributed by atoms with Crippen molar-refractivity contribution in [3.63, 3.8) is 0 Å². The smallest absolute Gasteiger partial charge is 0.411 e. The minimum Gasteiger partial charge on any atom is -0.438 e. The van der Waals surface area contributed by atoms with Crippen molar-refractivity contribution >= 4 is 6.09 Å². The normalized spacial score (nSPS) is 19.7. The largest absolute Gasteiger partial charge is 0.438 e. The van der Waals surface area contributed by atoms with Crippen molar-refractivity contribution in [2.24, 2.45) is 0 Å². The lowest BCUT2D eigenvalue weighted by molar-refractivity contribution is -0.0718. The molecule has 1 N–H and O–H groups in total. The van der Waals surface area contributed by atoms with Gasteiger partial charge in [0.25, 0.3) is 0 Å². The zero-order valence-corrected chi connectivity index (χ0v) is 17.4. The second kappa shape index (κ2) is 8.86. The number of aromatic nitrogens is 1. The number of halogens is 1. The van der Waals surface area contributed by atoms with Gasteiger partial charge in [-0.1, -0.05) is 42.5 Å². The van der Waals surface area contributed by atoms with Gasteiger partial charge in [-0.2, -0.15) is 0 Å². The Bertz CT molecular complexity index is 1020. The molecular weight excluding hydrogens is 395 g/mol. The zero-order chi connectivity index (χ0) is 21.8. The Kier molecular flexibility index (Phi) is 6.00. The molecule has 1 saturated heterocycles. The van der Waals surface area contributed by atoms with E-state index in [4.69, 9.17) is 4.74 Å². The summed E-state index contributed by atoms with van der Waals surface area (Å²) in [5.74, 6) is -0.352. The Morgan fingerprint density at radius 1 is 1.13 bits per heavy atom. The zero-order valence-electron chi connectivity index (χ0n) is 17.4. The van der Waals surface area contributed by atoms with Crippen LogP contribution in [0.25, 0.3) is 11.1 Å². The molecule has 2 atom stereocenters. The van der Waals surface area contributed by atoms with Crippen molar-refractivity contribution in [3.05, 3.63) is 90.0 Å². The molecule has 0 radical (unpaired) electrons. The molecule has 1 amide bonds. The van der Waals surface area contributed by atoms with E-state index in [2.05, 4.69) is 4.98 Å². The maximum absolute atomic E-state index is 13.4. The van der Waals surface area contributed by atoms with E-state index >= 15 is 0 Å². The molecule has 1 aliphatic heterocycles. The highest BCUT2D eigenvalue weighted by molar-refractivity contribution is 5.70. The fraction of sp³-hybridized carbons (Fsp3) is 0.280. The van der Waals surface area contributed by atoms with Crippen molar-refractivity contribution in [2.45, 2.75) is 31.4 Å². The minimum absolute atomic E-state index is 0.129. The predicted octanol–water partition coefficient (Wildman–Crippen LogP) is 5.07. The quantitative estimate of drug-likeness (QED) is 0.605. The molecule has 1 aliphatic rings. The van der Waals surface area contributed by atoms with E-state index in [1.54, 1.807) is 23.2 Å². The van der Waals surface area contributed by atoms with Crippen molar-refractivity contribution in [1.82, 2.24) is 9.88 Å². The molecule has 1 fully saturated rings. The van der Waals surface area contributed by atoms with Crippen molar-refractivity contribution in [3.8, 4) is 11.1 Å². The Hall–Kier alpha value is -3.25. The number of hydrogen-bond acceptors (Lipinski definition) is 4. The predicted molar refractivity (Wildman–Crippen MR) is 116 cm³/mol. The Balaban J connectivity index is 1.51. The lowest BCUT2D eigenvalue weighted by Gasteiger charge is -2.43. The van der Waals surface area contributed by atoms with Gasteiger partial charge in [-0.3, -0.25) is 4.98 Å². The molecule has 0 saturated carbocycles. The average Bonchev–Trinajstić information content (AvgIpc) is 2.80. The van der Waals surface area contributed by atoms with Crippen LogP contribution in [0.4, 0.5) is 9.18 Å². The van der Waals surface area contributed by atoms with Gasteiger partial charge >= 0.3 is 6.09 Å². The van der Waals surface area contributed by atoms with Crippen LogP contribution in [0.15, 0.2) is 73.1 Å². The van der Waals surface area contributed by atoms with Gasteiger partial charge in [0.2, 0.25) is 0 Å². The standard InChI is InChI=1S/C25H25FN2O3/c1-18(19-4-6-20(7-5-19)21-3-2-14-27-17-21)28-15-12-25(13-16-29,31-24(28)30)22-8-10-23(26)11-9-22/h2-11,14,17-18,29H,12-13,15-16H2,1H3/t18-,25-/m0/s1. The van der Waals surface area contributed by atoms with Crippen molar-refractivity contribution in [2.75, 3.05) is 13.2 Å². The number of amides is 1. The average molecular weight is 420 g/mol. The van der Waals surface area contributed by atoms with Crippen LogP contribution in [0, 0.1) is 5.82 Å². The highest BCUT2D eigenvalue weighted by Gasteiger charge is 2.43. The fourth-order valence-electron chi connectivity index (χ4n) is 4.15. The summed E-state index contributed by atoms with van der Waals surface area (Å²) in [5, 5.41) is 9.58. The van der Waals surface area contributed by atoms with Crippen LogP contribution in [0.1, 0.15) is 36.9 Å². The number of cyclic esters (lactones) is 1. The number of pyridine rings is 1. The second-order valence-corrected chi connectivity index (χ2v) is 7.83. The number of aliphatic hydroxyl groups excluding tert-OH is 1. The number of rotatable bonds is 6. The van der Waals surface area contributed by atoms with Gasteiger partial charge in [0.1, 0.15) is 11.4 Å². The molecule has 0 bridgehead atoms. The van der Waals surface area contributed by atoms with Gasteiger partial charge < -0.3 is 14.7 Å². The number of hydrogen-bond donors (Lipinski definition) is 1. The number of nitrogens with zero attached hydrogens (tertiary/aromatic N) is 2. The Labute approximate surface area is 181 Å². The summed E-state index contributed by atoms with van der Waals surface area (Å²) in [6, 6.07) is 17.7. The summed E-state index contributed by atoms with van der Waals surface area (Å²) in [7, 11) is 0. The van der Waals surface area contributed by atoms with Crippen LogP contribution in [0.3, 0.4) is 0 Å². The summed E-state index contributed by atoms with van der Waals surface area (Å²) in [5.41, 5.74) is 2.85. The first-order valence-electron chi connectivity index (χ1n) is 10.4. The molecule has 2 aromatic carbocycles. The lowest BCUT2D eigenvalue weighted by atomic mass is 9.85. The third kappa shape index (κ3) is 4.30. The van der Waals surface area contributed by atoms with Crippen LogP contribution in [0.5, 0.6) is 0 Å². The van der Waals surface area contributed by atoms with E-state index in [1.807, 2.05) is 49.5 Å². The van der Waals surface area contributed by atoms with Crippen LogP contribution in [-0.2, 0) is 10.3 Å². The molecule has 0 unspecified atom stereocenters. The van der Waals surface area contributed by atoms with Crippen LogP contribution in [0.2, 0.25) is 0 Å². The van der Waals surface area contributed by atoms with Gasteiger partial charge in [0, 0.05) is 38.4 Å². The van der Waals surface area contributed by atoms with Gasteiger partial charge in [0.05, 0.1) is 6.04 Å². The van der Waals surface area contributed by atoms with Crippen molar-refractivity contribution in [1.29, 1.82) is 0 Å². The van der Waals surface area contributed by atoms with E-state index in [9.17, 15) is 14.3 Å². The minimum atomic E-state index is -0.945. The monoisotopic (exact) mass is 420 g/mol. The first-order valence-corrected chi connectivity index (χ1v) is 10.4. The van der Waals surface area contributed by atoms with E-state index in [0.717, 1.165) is 16.7 Å². The Morgan fingerprint density at radius 3 is 2.48 bits per heavy atom. The summed E-state index contributed by atoms with van der Waals surface area (Å²) in [6.45, 7) is 2.31. The highest BCUT2D eigenvalue weighted by atomic mass is 19.1. The summed E-state index contributed by atoms with van der Waals surface area (Å²) in [4.78, 5) is 18.8. The SMILES string of the molecule is C[C@@H](c1ccc(-c2cccnc2)cc1)N1CC[C@](CCO)(c2ccc(F)cc2)OC1=O. The topological polar surface area (TPSA) is 62.7 Å². The van der Waals surface area contributed by atoms with Crippen LogP contribution in [-0.4, -0.2) is 34.2 Å². The molecule has 0 spiro atoms. The van der Waals surface area contributed by atoms with E-state index in [-0.39, 0.29) is 24.9 Å². The molecule has 6 heteroatoms. The van der Waals surface area contributed by atoms with Gasteiger partial charge in [-0.05, 0) is 47.4 Å². The lowest BCUT2D eigenvalue weighted by Crippen LogP contribution is -2.49. The van der Waals surface area contributed by atoms with Crippen LogP contribution < -0.4 is 0 Å². The maximum atomic E-state index is 13.4. The van der Waals surface area contributed by atoms with E-state index in [1.165, 1.54) is 12.1 Å². The highest BCUT2D eigenvalue weighted by Crippen LogP contribution is 2.39. The number of carbonyl (C=O) groups is 1. The summed E-state index contributed by atoms with van der Waals surface area (Å²) < 4.78 is 19.2. The fourth-order valence-corrected chi connectivity index (χ4v) is 4.15. The maximum Gasteiger partial charge on any atom is 0.411 e. The van der Waals surface area contributed by atoms with E-state index in [0.29, 0.717) is 18.5 Å². The summed E-state index contributed by atoms with van der Waals surface area (Å²) in [6.07, 6.45) is 3.91. The first kappa shape index (κ1) is 21.0. The molecule has 31 heavy (non-hydrogen) atoms. The number of benzene rings is 2. The third-order valence-corrected chi connectivity index (χ3v) is 6.02. The molecule has 2 heterocycles. The van der Waals surface area contributed by atoms with Gasteiger partial charge in [-0.15, -0.1) is 0 Å². The number of aliphatic hydroxyl groups is 1. The number of carbonyl (C=O) groups excluding carboxylic acids is 1. The van der Waals surface area contributed by atoms with Gasteiger partial charge in [-0.25, -0.2) is 9.18 Å². The number of ether oxygens (including phenoxy) is 1. The molecule has 1 aromatic heterocycles. The molecular formula is C25H25FN2O3. The molecule has 5 nitrogen and oxygen atoms in total. The second-order valence-electron chi connectivity index (χ2n) is 7.83. The van der Waals surface area contributed by atoms with Crippen LogP contribution >= 0.6 is 0 Å². The first-order chi connectivity index (χ1) is 15.0. The summed E-state index contributed by atoms with van der Waals surface area (Å²) >= 11 is 0. The molecule has 160 valence electrons. The van der Waals surface area contributed by atoms with Gasteiger partial charge in [0.15, 0.2) is 0 Å². The Morgan fingerprint density at radius 2 is 1.87 bits per heavy atom.